The number of amides is 1. The van der Waals surface area contributed by atoms with Gasteiger partial charge in [-0.25, -0.2) is 4.98 Å². The van der Waals surface area contributed by atoms with E-state index in [0.29, 0.717) is 37.1 Å². The van der Waals surface area contributed by atoms with Crippen molar-refractivity contribution in [3.05, 3.63) is 23.4 Å². The summed E-state index contributed by atoms with van der Waals surface area (Å²) in [5.74, 6) is 0.708. The Labute approximate surface area is 108 Å². The summed E-state index contributed by atoms with van der Waals surface area (Å²) in [5.41, 5.74) is 6.86. The number of hydrogen-bond donors (Lipinski definition) is 2. The Morgan fingerprint density at radius 2 is 2.22 bits per heavy atom. The summed E-state index contributed by atoms with van der Waals surface area (Å²) in [7, 11) is 0. The minimum Gasteiger partial charge on any atom is -0.384 e. The molecule has 0 fully saturated rings. The highest BCUT2D eigenvalue weighted by atomic mass is 16.5. The van der Waals surface area contributed by atoms with Gasteiger partial charge in [0.25, 0.3) is 5.91 Å². The summed E-state index contributed by atoms with van der Waals surface area (Å²) in [4.78, 5) is 15.8. The number of carbonyl (C=O) groups is 1. The van der Waals surface area contributed by atoms with E-state index in [4.69, 9.17) is 10.5 Å². The number of carbonyl (C=O) groups excluding carboxylic acids is 1. The van der Waals surface area contributed by atoms with Crippen LogP contribution >= 0.6 is 0 Å². The van der Waals surface area contributed by atoms with Crippen molar-refractivity contribution in [1.82, 2.24) is 10.3 Å². The molecule has 1 aromatic heterocycles. The summed E-state index contributed by atoms with van der Waals surface area (Å²) in [6.45, 7) is 7.69. The topological polar surface area (TPSA) is 77.2 Å². The summed E-state index contributed by atoms with van der Waals surface area (Å²) in [6.07, 6.45) is 0. The molecule has 5 heteroatoms. The third-order valence-electron chi connectivity index (χ3n) is 2.22. The average Bonchev–Trinajstić information content (AvgIpc) is 2.26. The number of anilines is 1. The van der Waals surface area contributed by atoms with Crippen LogP contribution in [0.4, 0.5) is 5.82 Å². The molecule has 3 N–H and O–H groups in total. The van der Waals surface area contributed by atoms with Gasteiger partial charge in [-0.05, 0) is 25.0 Å². The van der Waals surface area contributed by atoms with Crippen LogP contribution in [-0.4, -0.2) is 30.6 Å². The zero-order valence-corrected chi connectivity index (χ0v) is 11.2. The number of nitrogens with zero attached hydrogens (tertiary/aromatic N) is 1. The number of aromatic nitrogens is 1. The smallest absolute Gasteiger partial charge is 0.251 e. The third-order valence-corrected chi connectivity index (χ3v) is 2.22. The maximum atomic E-state index is 11.8. The molecule has 0 unspecified atom stereocenters. The van der Waals surface area contributed by atoms with Gasteiger partial charge in [0.1, 0.15) is 5.82 Å². The number of ether oxygens (including phenoxy) is 1. The zero-order valence-electron chi connectivity index (χ0n) is 11.2. The number of nitrogen functional groups attached to an aromatic ring is 1. The average molecular weight is 251 g/mol. The van der Waals surface area contributed by atoms with Gasteiger partial charge in [0.15, 0.2) is 0 Å². The van der Waals surface area contributed by atoms with E-state index in [1.165, 1.54) is 0 Å². The molecule has 0 aliphatic rings. The molecule has 1 amide bonds. The van der Waals surface area contributed by atoms with Crippen LogP contribution in [0.25, 0.3) is 0 Å². The highest BCUT2D eigenvalue weighted by Crippen LogP contribution is 2.06. The first-order chi connectivity index (χ1) is 8.49. The van der Waals surface area contributed by atoms with E-state index >= 15 is 0 Å². The van der Waals surface area contributed by atoms with Crippen LogP contribution in [0.5, 0.6) is 0 Å². The van der Waals surface area contributed by atoms with Crippen LogP contribution in [-0.2, 0) is 4.74 Å². The van der Waals surface area contributed by atoms with Crippen LogP contribution in [0.1, 0.15) is 29.9 Å². The molecule has 18 heavy (non-hydrogen) atoms. The van der Waals surface area contributed by atoms with E-state index in [2.05, 4.69) is 24.1 Å². The summed E-state index contributed by atoms with van der Waals surface area (Å²) in [6, 6.07) is 3.28. The standard InChI is InChI=1S/C13H21N3O2/c1-9(2)8-18-5-4-15-13(17)11-6-10(3)16-12(14)7-11/h6-7,9H,4-5,8H2,1-3H3,(H2,14,16)(H,15,17). The van der Waals surface area contributed by atoms with Gasteiger partial charge in [0.2, 0.25) is 0 Å². The Kier molecular flexibility index (Phi) is 5.58. The molecule has 0 aliphatic carbocycles. The molecule has 0 aliphatic heterocycles. The molecular formula is C13H21N3O2. The predicted molar refractivity (Wildman–Crippen MR) is 71.4 cm³/mol. The number of nitrogens with one attached hydrogen (secondary N) is 1. The molecule has 0 bridgehead atoms. The van der Waals surface area contributed by atoms with Gasteiger partial charge >= 0.3 is 0 Å². The molecule has 0 spiro atoms. The fraction of sp³-hybridized carbons (Fsp3) is 0.538. The van der Waals surface area contributed by atoms with Crippen molar-refractivity contribution in [2.45, 2.75) is 20.8 Å². The maximum Gasteiger partial charge on any atom is 0.251 e. The predicted octanol–water partition coefficient (Wildman–Crippen LogP) is 1.37. The van der Waals surface area contributed by atoms with Crippen molar-refractivity contribution >= 4 is 11.7 Å². The second kappa shape index (κ2) is 6.96. The van der Waals surface area contributed by atoms with Crippen molar-refractivity contribution in [3.63, 3.8) is 0 Å². The lowest BCUT2D eigenvalue weighted by Crippen LogP contribution is -2.27. The Morgan fingerprint density at radius 1 is 1.50 bits per heavy atom. The Hall–Kier alpha value is -1.62. The first-order valence-electron chi connectivity index (χ1n) is 6.09. The minimum atomic E-state index is -0.152. The molecule has 0 atom stereocenters. The van der Waals surface area contributed by atoms with Crippen molar-refractivity contribution in [2.24, 2.45) is 5.92 Å². The number of pyridine rings is 1. The summed E-state index contributed by atoms with van der Waals surface area (Å²) in [5, 5.41) is 2.78. The van der Waals surface area contributed by atoms with E-state index in [-0.39, 0.29) is 5.91 Å². The van der Waals surface area contributed by atoms with Crippen molar-refractivity contribution < 1.29 is 9.53 Å². The van der Waals surface area contributed by atoms with E-state index in [1.807, 2.05) is 0 Å². The third kappa shape index (κ3) is 5.14. The van der Waals surface area contributed by atoms with Gasteiger partial charge in [-0.1, -0.05) is 13.8 Å². The molecule has 1 rings (SSSR count). The van der Waals surface area contributed by atoms with Crippen LogP contribution in [0.3, 0.4) is 0 Å². The van der Waals surface area contributed by atoms with E-state index in [1.54, 1.807) is 19.1 Å². The zero-order chi connectivity index (χ0) is 13.5. The quantitative estimate of drug-likeness (QED) is 0.749. The highest BCUT2D eigenvalue weighted by Gasteiger charge is 2.06. The van der Waals surface area contributed by atoms with Crippen molar-refractivity contribution in [2.75, 3.05) is 25.5 Å². The lowest BCUT2D eigenvalue weighted by atomic mass is 10.2. The van der Waals surface area contributed by atoms with Gasteiger partial charge in [-0.15, -0.1) is 0 Å². The lowest BCUT2D eigenvalue weighted by molar-refractivity contribution is 0.0886. The van der Waals surface area contributed by atoms with Crippen molar-refractivity contribution in [1.29, 1.82) is 0 Å². The van der Waals surface area contributed by atoms with Gasteiger partial charge in [0, 0.05) is 24.4 Å². The molecule has 100 valence electrons. The number of nitrogens with two attached hydrogens (primary N) is 1. The van der Waals surface area contributed by atoms with Gasteiger partial charge in [-0.2, -0.15) is 0 Å². The van der Waals surface area contributed by atoms with Crippen LogP contribution in [0.2, 0.25) is 0 Å². The maximum absolute atomic E-state index is 11.8. The molecule has 1 aromatic rings. The second-order valence-corrected chi connectivity index (χ2v) is 4.65. The molecule has 1 heterocycles. The van der Waals surface area contributed by atoms with E-state index in [9.17, 15) is 4.79 Å². The largest absolute Gasteiger partial charge is 0.384 e. The SMILES string of the molecule is Cc1cc(C(=O)NCCOCC(C)C)cc(N)n1. The first kappa shape index (κ1) is 14.4. The first-order valence-corrected chi connectivity index (χ1v) is 6.09. The highest BCUT2D eigenvalue weighted by molar-refractivity contribution is 5.94. The molecule has 0 saturated heterocycles. The molecule has 0 saturated carbocycles. The van der Waals surface area contributed by atoms with Crippen molar-refractivity contribution in [3.8, 4) is 0 Å². The molecule has 5 nitrogen and oxygen atoms in total. The minimum absolute atomic E-state index is 0.152. The Morgan fingerprint density at radius 3 is 2.83 bits per heavy atom. The fourth-order valence-corrected chi connectivity index (χ4v) is 1.48. The molecule has 0 aromatic carbocycles. The van der Waals surface area contributed by atoms with Gasteiger partial charge in [-0.3, -0.25) is 4.79 Å². The fourth-order valence-electron chi connectivity index (χ4n) is 1.48. The Balaban J connectivity index is 2.36. The van der Waals surface area contributed by atoms with Crippen LogP contribution in [0.15, 0.2) is 12.1 Å². The lowest BCUT2D eigenvalue weighted by Gasteiger charge is -2.08. The van der Waals surface area contributed by atoms with E-state index in [0.717, 1.165) is 5.69 Å². The molecular weight excluding hydrogens is 230 g/mol. The number of rotatable bonds is 6. The van der Waals surface area contributed by atoms with Crippen LogP contribution < -0.4 is 11.1 Å². The van der Waals surface area contributed by atoms with E-state index < -0.39 is 0 Å². The number of aryl methyl sites for hydroxylation is 1. The summed E-state index contributed by atoms with van der Waals surface area (Å²) < 4.78 is 5.38. The number of hydrogen-bond acceptors (Lipinski definition) is 4. The molecule has 0 radical (unpaired) electrons. The normalized spacial score (nSPS) is 10.7. The van der Waals surface area contributed by atoms with Gasteiger partial charge in [0.05, 0.1) is 6.61 Å². The monoisotopic (exact) mass is 251 g/mol. The van der Waals surface area contributed by atoms with Gasteiger partial charge < -0.3 is 15.8 Å². The second-order valence-electron chi connectivity index (χ2n) is 4.65. The van der Waals surface area contributed by atoms with Crippen LogP contribution in [0, 0.1) is 12.8 Å². The Bertz CT molecular complexity index is 385. The summed E-state index contributed by atoms with van der Waals surface area (Å²) >= 11 is 0.